The number of rotatable bonds is 3. The third kappa shape index (κ3) is 3.10. The summed E-state index contributed by atoms with van der Waals surface area (Å²) in [6.07, 6.45) is 0. The molecular formula is C15H16BrN. The van der Waals surface area contributed by atoms with Crippen LogP contribution in [-0.2, 0) is 6.54 Å². The highest BCUT2D eigenvalue weighted by Crippen LogP contribution is 2.22. The topological polar surface area (TPSA) is 12.0 Å². The van der Waals surface area contributed by atoms with Gasteiger partial charge in [-0.3, -0.25) is 0 Å². The van der Waals surface area contributed by atoms with Crippen molar-refractivity contribution >= 4 is 21.6 Å². The maximum absolute atomic E-state index is 3.54. The fourth-order valence-electron chi connectivity index (χ4n) is 1.79. The zero-order chi connectivity index (χ0) is 12.3. The monoisotopic (exact) mass is 289 g/mol. The normalized spacial score (nSPS) is 10.3. The highest BCUT2D eigenvalue weighted by atomic mass is 79.9. The van der Waals surface area contributed by atoms with Gasteiger partial charge in [0.15, 0.2) is 0 Å². The minimum atomic E-state index is 0.857. The molecule has 0 aromatic heterocycles. The Balaban J connectivity index is 2.12. The molecule has 2 rings (SSSR count). The number of aryl methyl sites for hydroxylation is 2. The van der Waals surface area contributed by atoms with E-state index in [1.807, 2.05) is 18.2 Å². The fourth-order valence-corrected chi connectivity index (χ4v) is 2.21. The lowest BCUT2D eigenvalue weighted by Gasteiger charge is -2.11. The fraction of sp³-hybridized carbons (Fsp3) is 0.200. The molecule has 0 radical (unpaired) electrons. The van der Waals surface area contributed by atoms with E-state index in [0.29, 0.717) is 0 Å². The van der Waals surface area contributed by atoms with Crippen LogP contribution in [0.4, 0.5) is 5.69 Å². The van der Waals surface area contributed by atoms with Crippen molar-refractivity contribution in [1.82, 2.24) is 0 Å². The van der Waals surface area contributed by atoms with Crippen LogP contribution < -0.4 is 5.32 Å². The summed E-state index contributed by atoms with van der Waals surface area (Å²) in [5.74, 6) is 0. The molecule has 0 aliphatic carbocycles. The minimum absolute atomic E-state index is 0.857. The van der Waals surface area contributed by atoms with E-state index in [4.69, 9.17) is 0 Å². The highest BCUT2D eigenvalue weighted by molar-refractivity contribution is 9.10. The quantitative estimate of drug-likeness (QED) is 0.865. The Kier molecular flexibility index (Phi) is 3.85. The molecular weight excluding hydrogens is 274 g/mol. The van der Waals surface area contributed by atoms with Crippen molar-refractivity contribution in [3.63, 3.8) is 0 Å². The first-order chi connectivity index (χ1) is 8.16. The van der Waals surface area contributed by atoms with Crippen LogP contribution in [0.1, 0.15) is 16.7 Å². The maximum Gasteiger partial charge on any atom is 0.0487 e. The number of benzene rings is 2. The minimum Gasteiger partial charge on any atom is -0.380 e. The third-order valence-corrected chi connectivity index (χ3v) is 3.54. The molecule has 0 bridgehead atoms. The molecule has 1 nitrogen and oxygen atoms in total. The molecule has 0 aliphatic rings. The van der Waals surface area contributed by atoms with Gasteiger partial charge in [-0.25, -0.2) is 0 Å². The first kappa shape index (κ1) is 12.2. The highest BCUT2D eigenvalue weighted by Gasteiger charge is 2.01. The second-order valence-electron chi connectivity index (χ2n) is 4.26. The predicted octanol–water partition coefficient (Wildman–Crippen LogP) is 4.68. The molecule has 2 aromatic carbocycles. The van der Waals surface area contributed by atoms with Gasteiger partial charge in [0, 0.05) is 16.7 Å². The molecule has 2 aromatic rings. The average molecular weight is 290 g/mol. The van der Waals surface area contributed by atoms with Crippen LogP contribution in [0.25, 0.3) is 0 Å². The summed E-state index contributed by atoms with van der Waals surface area (Å²) >= 11 is 3.54. The summed E-state index contributed by atoms with van der Waals surface area (Å²) in [6, 6.07) is 14.7. The van der Waals surface area contributed by atoms with Gasteiger partial charge < -0.3 is 5.32 Å². The Hall–Kier alpha value is -1.28. The van der Waals surface area contributed by atoms with Gasteiger partial charge in [-0.05, 0) is 53.0 Å². The van der Waals surface area contributed by atoms with Crippen LogP contribution >= 0.6 is 15.9 Å². The standard InChI is InChI=1S/C15H16BrN/c1-11-7-8-12(2)13(9-11)10-17-15-6-4-3-5-14(15)16/h3-9,17H,10H2,1-2H3. The Labute approximate surface area is 111 Å². The van der Waals surface area contributed by atoms with Crippen LogP contribution in [0.3, 0.4) is 0 Å². The van der Waals surface area contributed by atoms with Crippen molar-refractivity contribution < 1.29 is 0 Å². The zero-order valence-electron chi connectivity index (χ0n) is 10.1. The molecule has 2 heteroatoms. The second-order valence-corrected chi connectivity index (χ2v) is 5.12. The van der Waals surface area contributed by atoms with Crippen molar-refractivity contribution in [2.75, 3.05) is 5.32 Å². The molecule has 0 amide bonds. The summed E-state index contributed by atoms with van der Waals surface area (Å²) in [6.45, 7) is 5.13. The lowest BCUT2D eigenvalue weighted by atomic mass is 10.1. The number of halogens is 1. The lowest BCUT2D eigenvalue weighted by molar-refractivity contribution is 1.11. The van der Waals surface area contributed by atoms with E-state index >= 15 is 0 Å². The van der Waals surface area contributed by atoms with Gasteiger partial charge in [0.05, 0.1) is 0 Å². The summed E-state index contributed by atoms with van der Waals surface area (Å²) < 4.78 is 1.10. The number of hydrogen-bond donors (Lipinski definition) is 1. The smallest absolute Gasteiger partial charge is 0.0487 e. The van der Waals surface area contributed by atoms with Crippen LogP contribution in [-0.4, -0.2) is 0 Å². The van der Waals surface area contributed by atoms with E-state index < -0.39 is 0 Å². The Bertz CT molecular complexity index is 520. The van der Waals surface area contributed by atoms with Crippen LogP contribution in [0.5, 0.6) is 0 Å². The molecule has 1 N–H and O–H groups in total. The van der Waals surface area contributed by atoms with Gasteiger partial charge in [-0.1, -0.05) is 35.9 Å². The van der Waals surface area contributed by atoms with Crippen LogP contribution in [0, 0.1) is 13.8 Å². The van der Waals surface area contributed by atoms with E-state index in [9.17, 15) is 0 Å². The van der Waals surface area contributed by atoms with E-state index in [1.165, 1.54) is 16.7 Å². The summed E-state index contributed by atoms with van der Waals surface area (Å²) in [5.41, 5.74) is 5.11. The molecule has 0 heterocycles. The maximum atomic E-state index is 3.54. The Morgan fingerprint density at radius 2 is 1.82 bits per heavy atom. The van der Waals surface area contributed by atoms with Crippen molar-refractivity contribution in [2.24, 2.45) is 0 Å². The number of hydrogen-bond acceptors (Lipinski definition) is 1. The molecule has 0 atom stereocenters. The van der Waals surface area contributed by atoms with Crippen molar-refractivity contribution in [3.8, 4) is 0 Å². The van der Waals surface area contributed by atoms with Crippen molar-refractivity contribution in [3.05, 3.63) is 63.6 Å². The van der Waals surface area contributed by atoms with Crippen LogP contribution in [0.15, 0.2) is 46.9 Å². The summed E-state index contributed by atoms with van der Waals surface area (Å²) in [7, 11) is 0. The predicted molar refractivity (Wildman–Crippen MR) is 77.4 cm³/mol. The lowest BCUT2D eigenvalue weighted by Crippen LogP contribution is -2.02. The summed E-state index contributed by atoms with van der Waals surface area (Å²) in [4.78, 5) is 0. The van der Waals surface area contributed by atoms with E-state index in [0.717, 1.165) is 16.7 Å². The van der Waals surface area contributed by atoms with Gasteiger partial charge in [0.1, 0.15) is 0 Å². The number of anilines is 1. The largest absolute Gasteiger partial charge is 0.380 e. The van der Waals surface area contributed by atoms with Gasteiger partial charge >= 0.3 is 0 Å². The molecule has 17 heavy (non-hydrogen) atoms. The summed E-state index contributed by atoms with van der Waals surface area (Å²) in [5, 5.41) is 3.45. The molecule has 88 valence electrons. The van der Waals surface area contributed by atoms with E-state index in [-0.39, 0.29) is 0 Å². The van der Waals surface area contributed by atoms with E-state index in [2.05, 4.69) is 59.4 Å². The van der Waals surface area contributed by atoms with Gasteiger partial charge in [0.2, 0.25) is 0 Å². The van der Waals surface area contributed by atoms with Crippen molar-refractivity contribution in [1.29, 1.82) is 0 Å². The van der Waals surface area contributed by atoms with Gasteiger partial charge in [0.25, 0.3) is 0 Å². The molecule has 0 spiro atoms. The second kappa shape index (κ2) is 5.37. The Morgan fingerprint density at radius 3 is 2.59 bits per heavy atom. The zero-order valence-corrected chi connectivity index (χ0v) is 11.7. The average Bonchev–Trinajstić information content (AvgIpc) is 2.32. The first-order valence-corrected chi connectivity index (χ1v) is 6.50. The molecule has 0 aliphatic heterocycles. The van der Waals surface area contributed by atoms with E-state index in [1.54, 1.807) is 0 Å². The number of nitrogens with one attached hydrogen (secondary N) is 1. The first-order valence-electron chi connectivity index (χ1n) is 5.71. The van der Waals surface area contributed by atoms with Crippen LogP contribution in [0.2, 0.25) is 0 Å². The van der Waals surface area contributed by atoms with Crippen molar-refractivity contribution in [2.45, 2.75) is 20.4 Å². The van der Waals surface area contributed by atoms with Gasteiger partial charge in [-0.2, -0.15) is 0 Å². The Morgan fingerprint density at radius 1 is 1.06 bits per heavy atom. The third-order valence-electron chi connectivity index (χ3n) is 2.85. The number of para-hydroxylation sites is 1. The molecule has 0 fully saturated rings. The molecule has 0 saturated carbocycles. The SMILES string of the molecule is Cc1ccc(C)c(CNc2ccccc2Br)c1. The molecule has 0 unspecified atom stereocenters. The molecule has 0 saturated heterocycles. The van der Waals surface area contributed by atoms with Gasteiger partial charge in [-0.15, -0.1) is 0 Å².